The van der Waals surface area contributed by atoms with Gasteiger partial charge in [0.1, 0.15) is 12.4 Å². The minimum atomic E-state index is 0.655. The fraction of sp³-hybridized carbons (Fsp3) is 0.286. The summed E-state index contributed by atoms with van der Waals surface area (Å²) >= 11 is 0. The van der Waals surface area contributed by atoms with Crippen molar-refractivity contribution < 1.29 is 4.74 Å². The fourth-order valence-corrected chi connectivity index (χ4v) is 1.37. The predicted octanol–water partition coefficient (Wildman–Crippen LogP) is 2.54. The normalized spacial score (nSPS) is 10.1. The molecule has 0 aliphatic carbocycles. The third kappa shape index (κ3) is 4.80. The van der Waals surface area contributed by atoms with Crippen molar-refractivity contribution in [1.29, 1.82) is 0 Å². The van der Waals surface area contributed by atoms with E-state index >= 15 is 0 Å². The molecule has 2 heteroatoms. The maximum Gasteiger partial charge on any atom is 0.127 e. The van der Waals surface area contributed by atoms with Crippen LogP contribution in [0, 0.1) is 6.07 Å². The van der Waals surface area contributed by atoms with Crippen molar-refractivity contribution in [3.63, 3.8) is 0 Å². The van der Waals surface area contributed by atoms with Crippen molar-refractivity contribution >= 4 is 0 Å². The van der Waals surface area contributed by atoms with E-state index in [-0.39, 0.29) is 0 Å². The largest absolute Gasteiger partial charge is 0.492 e. The molecule has 0 bridgehead atoms. The molecule has 0 saturated heterocycles. The van der Waals surface area contributed by atoms with E-state index in [1.807, 2.05) is 36.4 Å². The van der Waals surface area contributed by atoms with Crippen LogP contribution < -0.4 is 4.74 Å². The molecular weight excluding hydrogens is 198 g/mol. The van der Waals surface area contributed by atoms with Crippen LogP contribution in [0.15, 0.2) is 49.6 Å². The Hall–Kier alpha value is -1.54. The average molecular weight is 216 g/mol. The van der Waals surface area contributed by atoms with Gasteiger partial charge in [0, 0.05) is 25.7 Å². The lowest BCUT2D eigenvalue weighted by Crippen LogP contribution is -2.28. The average Bonchev–Trinajstić information content (AvgIpc) is 2.31. The van der Waals surface area contributed by atoms with Crippen molar-refractivity contribution in [1.82, 2.24) is 4.90 Å². The van der Waals surface area contributed by atoms with Gasteiger partial charge in [-0.25, -0.2) is 0 Å². The van der Waals surface area contributed by atoms with Gasteiger partial charge in [-0.3, -0.25) is 4.90 Å². The van der Waals surface area contributed by atoms with Crippen LogP contribution in [0.3, 0.4) is 0 Å². The zero-order valence-electron chi connectivity index (χ0n) is 9.56. The lowest BCUT2D eigenvalue weighted by atomic mass is 10.3. The van der Waals surface area contributed by atoms with Crippen LogP contribution in [0.4, 0.5) is 0 Å². The van der Waals surface area contributed by atoms with Crippen LogP contribution in [0.1, 0.15) is 0 Å². The molecule has 0 spiro atoms. The Morgan fingerprint density at radius 1 is 1.25 bits per heavy atom. The maximum absolute atomic E-state index is 5.56. The quantitative estimate of drug-likeness (QED) is 0.619. The van der Waals surface area contributed by atoms with E-state index in [4.69, 9.17) is 4.74 Å². The summed E-state index contributed by atoms with van der Waals surface area (Å²) in [6.07, 6.45) is 3.77. The first-order chi connectivity index (χ1) is 7.86. The van der Waals surface area contributed by atoms with Gasteiger partial charge in [-0.1, -0.05) is 30.4 Å². The molecule has 0 unspecified atom stereocenters. The van der Waals surface area contributed by atoms with Crippen molar-refractivity contribution in [3.05, 3.63) is 55.6 Å². The molecule has 0 aliphatic rings. The Morgan fingerprint density at radius 3 is 2.56 bits per heavy atom. The monoisotopic (exact) mass is 216 g/mol. The van der Waals surface area contributed by atoms with Gasteiger partial charge in [0.2, 0.25) is 0 Å². The molecule has 1 aromatic carbocycles. The molecule has 2 nitrogen and oxygen atoms in total. The van der Waals surface area contributed by atoms with Gasteiger partial charge in [-0.15, -0.1) is 13.2 Å². The Labute approximate surface area is 97.8 Å². The lowest BCUT2D eigenvalue weighted by molar-refractivity contribution is 0.236. The molecular formula is C14H18NO. The van der Waals surface area contributed by atoms with Gasteiger partial charge in [0.05, 0.1) is 0 Å². The topological polar surface area (TPSA) is 12.5 Å². The van der Waals surface area contributed by atoms with E-state index in [0.717, 1.165) is 25.4 Å². The van der Waals surface area contributed by atoms with Crippen LogP contribution in [-0.2, 0) is 0 Å². The number of hydrogen-bond acceptors (Lipinski definition) is 2. The molecule has 0 N–H and O–H groups in total. The van der Waals surface area contributed by atoms with E-state index < -0.39 is 0 Å². The van der Waals surface area contributed by atoms with Crippen LogP contribution in [-0.4, -0.2) is 31.1 Å². The summed E-state index contributed by atoms with van der Waals surface area (Å²) < 4.78 is 5.56. The van der Waals surface area contributed by atoms with Crippen molar-refractivity contribution in [2.75, 3.05) is 26.2 Å². The Morgan fingerprint density at radius 2 is 2.00 bits per heavy atom. The molecule has 1 rings (SSSR count). The summed E-state index contributed by atoms with van der Waals surface area (Å²) in [5.41, 5.74) is 0. The summed E-state index contributed by atoms with van der Waals surface area (Å²) in [5.74, 6) is 0.791. The van der Waals surface area contributed by atoms with Crippen molar-refractivity contribution in [2.45, 2.75) is 0 Å². The number of hydrogen-bond donors (Lipinski definition) is 0. The molecule has 1 aromatic rings. The summed E-state index contributed by atoms with van der Waals surface area (Å²) in [5, 5.41) is 0. The molecule has 0 aliphatic heterocycles. The highest BCUT2D eigenvalue weighted by molar-refractivity contribution is 5.19. The second kappa shape index (κ2) is 7.71. The first-order valence-electron chi connectivity index (χ1n) is 5.40. The number of ether oxygens (including phenoxy) is 1. The second-order valence-corrected chi connectivity index (χ2v) is 3.41. The van der Waals surface area contributed by atoms with Gasteiger partial charge < -0.3 is 4.74 Å². The molecule has 0 fully saturated rings. The minimum absolute atomic E-state index is 0.655. The second-order valence-electron chi connectivity index (χ2n) is 3.41. The molecule has 0 amide bonds. The molecule has 16 heavy (non-hydrogen) atoms. The molecule has 0 saturated carbocycles. The number of benzene rings is 1. The van der Waals surface area contributed by atoms with Crippen LogP contribution in [0.25, 0.3) is 0 Å². The SMILES string of the molecule is C=CCN(CC=C)CCOc1[c]cccc1. The van der Waals surface area contributed by atoms with E-state index in [0.29, 0.717) is 6.61 Å². The van der Waals surface area contributed by atoms with Crippen LogP contribution >= 0.6 is 0 Å². The van der Waals surface area contributed by atoms with E-state index in [1.54, 1.807) is 0 Å². The van der Waals surface area contributed by atoms with Gasteiger partial charge in [-0.2, -0.15) is 0 Å². The van der Waals surface area contributed by atoms with Crippen LogP contribution in [0.2, 0.25) is 0 Å². The van der Waals surface area contributed by atoms with Gasteiger partial charge in [-0.05, 0) is 6.07 Å². The fourth-order valence-electron chi connectivity index (χ4n) is 1.37. The maximum atomic E-state index is 5.56. The first kappa shape index (κ1) is 12.5. The summed E-state index contributed by atoms with van der Waals surface area (Å²) in [6, 6.07) is 10.6. The van der Waals surface area contributed by atoms with Crippen LogP contribution in [0.5, 0.6) is 5.75 Å². The number of rotatable bonds is 8. The molecule has 0 heterocycles. The van der Waals surface area contributed by atoms with Gasteiger partial charge in [0.15, 0.2) is 0 Å². The highest BCUT2D eigenvalue weighted by atomic mass is 16.5. The zero-order chi connectivity index (χ0) is 11.6. The molecule has 0 aromatic heterocycles. The Balaban J connectivity index is 2.27. The first-order valence-corrected chi connectivity index (χ1v) is 5.40. The highest BCUT2D eigenvalue weighted by Crippen LogP contribution is 2.06. The summed E-state index contributed by atoms with van der Waals surface area (Å²) in [6.45, 7) is 10.7. The molecule has 85 valence electrons. The lowest BCUT2D eigenvalue weighted by Gasteiger charge is -2.18. The summed E-state index contributed by atoms with van der Waals surface area (Å²) in [4.78, 5) is 2.21. The predicted molar refractivity (Wildman–Crippen MR) is 67.6 cm³/mol. The molecule has 0 atom stereocenters. The third-order valence-electron chi connectivity index (χ3n) is 2.12. The smallest absolute Gasteiger partial charge is 0.127 e. The molecule has 1 radical (unpaired) electrons. The minimum Gasteiger partial charge on any atom is -0.492 e. The number of nitrogens with zero attached hydrogens (tertiary/aromatic N) is 1. The zero-order valence-corrected chi connectivity index (χ0v) is 9.56. The van der Waals surface area contributed by atoms with Gasteiger partial charge >= 0.3 is 0 Å². The van der Waals surface area contributed by atoms with Gasteiger partial charge in [0.25, 0.3) is 0 Å². The standard InChI is InChI=1S/C14H18NO/c1-3-10-15(11-4-2)12-13-16-14-8-6-5-7-9-14/h3-8H,1-2,10-13H2. The van der Waals surface area contributed by atoms with E-state index in [2.05, 4.69) is 24.1 Å². The Bertz CT molecular complexity index is 298. The van der Waals surface area contributed by atoms with Crippen molar-refractivity contribution in [2.24, 2.45) is 0 Å². The van der Waals surface area contributed by atoms with E-state index in [1.165, 1.54) is 0 Å². The van der Waals surface area contributed by atoms with E-state index in [9.17, 15) is 0 Å². The Kier molecular flexibility index (Phi) is 6.04. The van der Waals surface area contributed by atoms with Crippen molar-refractivity contribution in [3.8, 4) is 5.75 Å². The summed E-state index contributed by atoms with van der Waals surface area (Å²) in [7, 11) is 0. The highest BCUT2D eigenvalue weighted by Gasteiger charge is 2.00. The number of para-hydroxylation sites is 1. The third-order valence-corrected chi connectivity index (χ3v) is 2.12.